The van der Waals surface area contributed by atoms with E-state index in [1.165, 1.54) is 25.7 Å². The number of rotatable bonds is 5. The van der Waals surface area contributed by atoms with Gasteiger partial charge in [-0.1, -0.05) is 42.5 Å². The number of methoxy groups -OCH3 is 1. The average Bonchev–Trinajstić information content (AvgIpc) is 3.08. The Bertz CT molecular complexity index is 1140. The Morgan fingerprint density at radius 1 is 1.19 bits per heavy atom. The van der Waals surface area contributed by atoms with Crippen molar-refractivity contribution < 1.29 is 13.9 Å². The van der Waals surface area contributed by atoms with Gasteiger partial charge in [0.25, 0.3) is 5.91 Å². The Morgan fingerprint density at radius 2 is 1.90 bits per heavy atom. The summed E-state index contributed by atoms with van der Waals surface area (Å²) in [5, 5.41) is 6.15. The van der Waals surface area contributed by atoms with E-state index in [1.54, 1.807) is 23.7 Å². The standard InChI is InChI=1S/C22H23Cl2FN4O2/c1-29-17-11-18(31-2)13(21(30)26-12-6-4-3-5-7-12)10-16(17)27-22(29)28-20-15(24)9-8-14(23)19(20)25/h8-12H,3-7H2,1-2H3,(H,26,30)(H,27,28). The maximum atomic E-state index is 14.5. The van der Waals surface area contributed by atoms with Gasteiger partial charge in [-0.15, -0.1) is 0 Å². The van der Waals surface area contributed by atoms with Crippen LogP contribution in [0.2, 0.25) is 10.0 Å². The molecule has 4 rings (SSSR count). The van der Waals surface area contributed by atoms with E-state index in [-0.39, 0.29) is 27.7 Å². The number of anilines is 2. The average molecular weight is 465 g/mol. The van der Waals surface area contributed by atoms with Gasteiger partial charge in [-0.3, -0.25) is 4.79 Å². The molecule has 1 heterocycles. The first kappa shape index (κ1) is 21.7. The zero-order valence-electron chi connectivity index (χ0n) is 17.3. The molecule has 0 aliphatic heterocycles. The number of ether oxygens (including phenoxy) is 1. The molecule has 1 aromatic heterocycles. The number of amides is 1. The summed E-state index contributed by atoms with van der Waals surface area (Å²) in [4.78, 5) is 17.5. The van der Waals surface area contributed by atoms with Gasteiger partial charge in [-0.25, -0.2) is 9.37 Å². The molecule has 6 nitrogen and oxygen atoms in total. The number of nitrogens with zero attached hydrogens (tertiary/aromatic N) is 2. The number of carbonyl (C=O) groups is 1. The molecule has 2 N–H and O–H groups in total. The molecule has 0 atom stereocenters. The lowest BCUT2D eigenvalue weighted by Gasteiger charge is -2.23. The van der Waals surface area contributed by atoms with Gasteiger partial charge in [-0.05, 0) is 31.0 Å². The van der Waals surface area contributed by atoms with Gasteiger partial charge < -0.3 is 19.9 Å². The molecule has 1 amide bonds. The van der Waals surface area contributed by atoms with Gasteiger partial charge in [-0.2, -0.15) is 0 Å². The Balaban J connectivity index is 1.69. The molecule has 0 bridgehead atoms. The number of hydrogen-bond donors (Lipinski definition) is 2. The molecule has 3 aromatic rings. The quantitative estimate of drug-likeness (QED) is 0.465. The fourth-order valence-corrected chi connectivity index (χ4v) is 4.29. The van der Waals surface area contributed by atoms with Gasteiger partial charge in [0.1, 0.15) is 5.75 Å². The molecule has 164 valence electrons. The summed E-state index contributed by atoms with van der Waals surface area (Å²) < 4.78 is 21.7. The van der Waals surface area contributed by atoms with E-state index >= 15 is 0 Å². The van der Waals surface area contributed by atoms with Crippen LogP contribution in [0.4, 0.5) is 16.0 Å². The van der Waals surface area contributed by atoms with Crippen LogP contribution in [0.15, 0.2) is 24.3 Å². The van der Waals surface area contributed by atoms with Crippen LogP contribution in [0, 0.1) is 5.82 Å². The van der Waals surface area contributed by atoms with Gasteiger partial charge in [0.15, 0.2) is 5.82 Å². The summed E-state index contributed by atoms with van der Waals surface area (Å²) in [6.07, 6.45) is 5.43. The first-order chi connectivity index (χ1) is 14.9. The van der Waals surface area contributed by atoms with Crippen molar-refractivity contribution in [2.45, 2.75) is 38.1 Å². The molecule has 0 saturated heterocycles. The van der Waals surface area contributed by atoms with E-state index in [2.05, 4.69) is 15.6 Å². The van der Waals surface area contributed by atoms with Gasteiger partial charge >= 0.3 is 0 Å². The summed E-state index contributed by atoms with van der Waals surface area (Å²) >= 11 is 12.0. The molecule has 31 heavy (non-hydrogen) atoms. The van der Waals surface area contributed by atoms with E-state index in [9.17, 15) is 9.18 Å². The lowest BCUT2D eigenvalue weighted by atomic mass is 9.95. The fourth-order valence-electron chi connectivity index (χ4n) is 3.94. The van der Waals surface area contributed by atoms with E-state index in [1.807, 2.05) is 0 Å². The predicted octanol–water partition coefficient (Wildman–Crippen LogP) is 5.83. The third-order valence-corrected chi connectivity index (χ3v) is 6.27. The zero-order valence-corrected chi connectivity index (χ0v) is 18.8. The Labute approximate surface area is 189 Å². The number of aromatic nitrogens is 2. The number of aryl methyl sites for hydroxylation is 1. The summed E-state index contributed by atoms with van der Waals surface area (Å²) in [6.45, 7) is 0. The van der Waals surface area contributed by atoms with Crippen molar-refractivity contribution in [1.82, 2.24) is 14.9 Å². The molecule has 1 fully saturated rings. The smallest absolute Gasteiger partial charge is 0.255 e. The predicted molar refractivity (Wildman–Crippen MR) is 121 cm³/mol. The topological polar surface area (TPSA) is 68.2 Å². The van der Waals surface area contributed by atoms with Crippen LogP contribution in [0.5, 0.6) is 5.75 Å². The minimum absolute atomic E-state index is 0.0369. The number of fused-ring (bicyclic) bond motifs is 1. The van der Waals surface area contributed by atoms with Crippen molar-refractivity contribution in [3.8, 4) is 5.75 Å². The highest BCUT2D eigenvalue weighted by atomic mass is 35.5. The van der Waals surface area contributed by atoms with Crippen LogP contribution >= 0.6 is 23.2 Å². The van der Waals surface area contributed by atoms with Crippen LogP contribution in [0.25, 0.3) is 11.0 Å². The largest absolute Gasteiger partial charge is 0.496 e. The lowest BCUT2D eigenvalue weighted by molar-refractivity contribution is 0.0925. The van der Waals surface area contributed by atoms with E-state index in [4.69, 9.17) is 27.9 Å². The SMILES string of the molecule is COc1cc2c(cc1C(=O)NC1CCCCC1)nc(Nc1c(Cl)ccc(Cl)c1F)n2C. The monoisotopic (exact) mass is 464 g/mol. The highest BCUT2D eigenvalue weighted by Crippen LogP contribution is 2.34. The molecule has 0 spiro atoms. The molecule has 2 aromatic carbocycles. The molecule has 9 heteroatoms. The summed E-state index contributed by atoms with van der Waals surface area (Å²) in [7, 11) is 3.30. The summed E-state index contributed by atoms with van der Waals surface area (Å²) in [6, 6.07) is 6.51. The molecule has 0 unspecified atom stereocenters. The second-order valence-electron chi connectivity index (χ2n) is 7.69. The van der Waals surface area contributed by atoms with Crippen molar-refractivity contribution in [3.63, 3.8) is 0 Å². The number of carbonyl (C=O) groups excluding carboxylic acids is 1. The number of hydrogen-bond acceptors (Lipinski definition) is 4. The third-order valence-electron chi connectivity index (χ3n) is 5.67. The molecule has 1 aliphatic rings. The maximum Gasteiger partial charge on any atom is 0.255 e. The van der Waals surface area contributed by atoms with Crippen molar-refractivity contribution in [2.75, 3.05) is 12.4 Å². The Morgan fingerprint density at radius 3 is 2.61 bits per heavy atom. The normalized spacial score (nSPS) is 14.6. The van der Waals surface area contributed by atoms with Gasteiger partial charge in [0.05, 0.1) is 39.4 Å². The van der Waals surface area contributed by atoms with E-state index in [0.717, 1.165) is 25.7 Å². The number of benzene rings is 2. The Hall–Kier alpha value is -2.51. The van der Waals surface area contributed by atoms with E-state index < -0.39 is 5.82 Å². The second-order valence-corrected chi connectivity index (χ2v) is 8.50. The fraction of sp³-hybridized carbons (Fsp3) is 0.364. The minimum atomic E-state index is -0.661. The van der Waals surface area contributed by atoms with E-state index in [0.29, 0.717) is 28.3 Å². The highest BCUT2D eigenvalue weighted by Gasteiger charge is 2.22. The van der Waals surface area contributed by atoms with Crippen LogP contribution < -0.4 is 15.4 Å². The first-order valence-electron chi connectivity index (χ1n) is 10.1. The van der Waals surface area contributed by atoms with Crippen molar-refractivity contribution in [1.29, 1.82) is 0 Å². The molecular formula is C22H23Cl2FN4O2. The van der Waals surface area contributed by atoms with Crippen LogP contribution in [-0.4, -0.2) is 28.6 Å². The maximum absolute atomic E-state index is 14.5. The number of imidazole rings is 1. The molecular weight excluding hydrogens is 442 g/mol. The number of nitrogens with one attached hydrogen (secondary N) is 2. The van der Waals surface area contributed by atoms with Crippen LogP contribution in [-0.2, 0) is 7.05 Å². The van der Waals surface area contributed by atoms with Crippen LogP contribution in [0.1, 0.15) is 42.5 Å². The molecule has 1 saturated carbocycles. The van der Waals surface area contributed by atoms with Gasteiger partial charge in [0.2, 0.25) is 5.95 Å². The first-order valence-corrected chi connectivity index (χ1v) is 10.9. The summed E-state index contributed by atoms with van der Waals surface area (Å²) in [5.41, 5.74) is 1.73. The van der Waals surface area contributed by atoms with Crippen molar-refractivity contribution >= 4 is 51.8 Å². The lowest BCUT2D eigenvalue weighted by Crippen LogP contribution is -2.36. The Kier molecular flexibility index (Phi) is 6.25. The van der Waals surface area contributed by atoms with Crippen LogP contribution in [0.3, 0.4) is 0 Å². The number of halogens is 3. The third kappa shape index (κ3) is 4.29. The van der Waals surface area contributed by atoms with Crippen molar-refractivity contribution in [3.05, 3.63) is 45.7 Å². The highest BCUT2D eigenvalue weighted by molar-refractivity contribution is 6.35. The van der Waals surface area contributed by atoms with Crippen molar-refractivity contribution in [2.24, 2.45) is 7.05 Å². The molecule has 0 radical (unpaired) electrons. The second kappa shape index (κ2) is 8.93. The summed E-state index contributed by atoms with van der Waals surface area (Å²) in [5.74, 6) is -0.0478. The minimum Gasteiger partial charge on any atom is -0.496 e. The van der Waals surface area contributed by atoms with Gasteiger partial charge in [0, 0.05) is 19.2 Å². The zero-order chi connectivity index (χ0) is 22.1. The molecule has 1 aliphatic carbocycles.